The second-order valence-corrected chi connectivity index (χ2v) is 11.5. The molecule has 0 aliphatic rings. The minimum absolute atomic E-state index is 0.158. The van der Waals surface area contributed by atoms with Crippen LogP contribution in [0, 0.1) is 5.41 Å². The van der Waals surface area contributed by atoms with Gasteiger partial charge in [0.15, 0.2) is 0 Å². The Hall–Kier alpha value is -4.82. The average Bonchev–Trinajstić information content (AvgIpc) is 3.14. The lowest BCUT2D eigenvalue weighted by atomic mass is 9.96. The quantitative estimate of drug-likeness (QED) is 0.0495. The summed E-state index contributed by atoms with van der Waals surface area (Å²) in [5, 5.41) is 0. The molecule has 0 heterocycles. The molecule has 0 radical (unpaired) electrons. The third kappa shape index (κ3) is 36.5. The maximum Gasteiger partial charge on any atom is 0.330 e. The molecule has 14 nitrogen and oxygen atoms in total. The third-order valence-corrected chi connectivity index (χ3v) is 5.75. The summed E-state index contributed by atoms with van der Waals surface area (Å²) in [5.41, 5.74) is -0.419. The molecule has 0 amide bonds. The molecule has 0 bridgehead atoms. The number of hydrogen-bond donors (Lipinski definition) is 0. The minimum atomic E-state index is -0.488. The van der Waals surface area contributed by atoms with Crippen LogP contribution in [0.5, 0.6) is 0 Å². The molecule has 14 heteroatoms. The second kappa shape index (κ2) is 33.3. The predicted octanol–water partition coefficient (Wildman–Crippen LogP) is 5.12. The van der Waals surface area contributed by atoms with Gasteiger partial charge in [-0.05, 0) is 46.5 Å². The first-order chi connectivity index (χ1) is 24.5. The molecule has 0 saturated heterocycles. The highest BCUT2D eigenvalue weighted by atomic mass is 16.6. The third-order valence-electron chi connectivity index (χ3n) is 5.75. The van der Waals surface area contributed by atoms with E-state index in [1.807, 2.05) is 20.8 Å². The van der Waals surface area contributed by atoms with E-state index in [9.17, 15) is 28.8 Å². The van der Waals surface area contributed by atoms with Gasteiger partial charge in [-0.3, -0.25) is 0 Å². The number of carbonyl (C=O) groups excluding carboxylic acids is 6. The molecule has 0 spiro atoms. The Morgan fingerprint density at radius 2 is 0.788 bits per heavy atom. The molecule has 3 unspecified atom stereocenters. The largest absolute Gasteiger partial charge is 0.463 e. The zero-order chi connectivity index (χ0) is 40.4. The Balaban J connectivity index is -0.000000706. The van der Waals surface area contributed by atoms with Gasteiger partial charge < -0.3 is 37.9 Å². The van der Waals surface area contributed by atoms with E-state index < -0.39 is 29.3 Å². The number of unbranched alkanes of at least 4 members (excludes halogenated alkanes) is 3. The van der Waals surface area contributed by atoms with E-state index in [0.717, 1.165) is 62.1 Å². The van der Waals surface area contributed by atoms with E-state index in [1.54, 1.807) is 13.8 Å². The summed E-state index contributed by atoms with van der Waals surface area (Å²) < 4.78 is 40.1. The van der Waals surface area contributed by atoms with Gasteiger partial charge in [0.2, 0.25) is 0 Å². The van der Waals surface area contributed by atoms with Crippen molar-refractivity contribution in [1.82, 2.24) is 0 Å². The molecule has 0 N–H and O–H groups in total. The normalized spacial score (nSPS) is 11.7. The topological polar surface area (TPSA) is 176 Å². The van der Waals surface area contributed by atoms with E-state index in [4.69, 9.17) is 37.9 Å². The fraction of sp³-hybridized carbons (Fsp3) is 0.526. The first kappa shape index (κ1) is 51.5. The van der Waals surface area contributed by atoms with Gasteiger partial charge in [0, 0.05) is 41.9 Å². The zero-order valence-corrected chi connectivity index (χ0v) is 31.4. The van der Waals surface area contributed by atoms with Crippen LogP contribution in [0.3, 0.4) is 0 Å². The first-order valence-electron chi connectivity index (χ1n) is 16.5. The maximum absolute atomic E-state index is 11.0. The van der Waals surface area contributed by atoms with Crippen LogP contribution in [0.25, 0.3) is 0 Å². The highest BCUT2D eigenvalue weighted by molar-refractivity contribution is 5.82. The fourth-order valence-electron chi connectivity index (χ4n) is 2.95. The molecular formula is C38H58O14. The summed E-state index contributed by atoms with van der Waals surface area (Å²) in [6, 6.07) is 0. The van der Waals surface area contributed by atoms with Crippen LogP contribution in [-0.2, 0) is 66.7 Å². The Morgan fingerprint density at radius 1 is 0.462 bits per heavy atom. The van der Waals surface area contributed by atoms with Gasteiger partial charge in [-0.1, -0.05) is 53.3 Å². The summed E-state index contributed by atoms with van der Waals surface area (Å²) in [6.07, 6.45) is 9.42. The van der Waals surface area contributed by atoms with Crippen LogP contribution in [0.4, 0.5) is 0 Å². The molecule has 3 atom stereocenters. The maximum atomic E-state index is 11.0. The summed E-state index contributed by atoms with van der Waals surface area (Å²) in [4.78, 5) is 64.7. The standard InChI is InChI=1S/C15H24O6.C12H18O4.C11H16O4/c1-6-14(16)20-9-12(4)18-8-11(3)19-10-13(5)21-15(17)7-2;1-3-11(13)15-9-7-5-6-8-10-16-12(14)4-2;1-5-9(12)14-7-11(3,4)8-15-10(13)6-2/h6-7,11-13H,1-2,8-10H2,3-5H3;3-4H,1-2,5-10H2;5-6H,1-2,7-8H2,3-4H3. The molecule has 0 aromatic carbocycles. The van der Waals surface area contributed by atoms with Crippen LogP contribution >= 0.6 is 0 Å². The number of esters is 6. The second-order valence-electron chi connectivity index (χ2n) is 11.5. The molecule has 0 saturated carbocycles. The summed E-state index contributed by atoms with van der Waals surface area (Å²) >= 11 is 0. The smallest absolute Gasteiger partial charge is 0.330 e. The monoisotopic (exact) mass is 738 g/mol. The van der Waals surface area contributed by atoms with Crippen molar-refractivity contribution in [2.75, 3.05) is 46.2 Å². The average molecular weight is 739 g/mol. The fourth-order valence-corrected chi connectivity index (χ4v) is 2.95. The van der Waals surface area contributed by atoms with Gasteiger partial charge in [-0.15, -0.1) is 0 Å². The Kier molecular flexibility index (Phi) is 33.0. The lowest BCUT2D eigenvalue weighted by molar-refractivity contribution is -0.148. The van der Waals surface area contributed by atoms with Gasteiger partial charge in [0.25, 0.3) is 0 Å². The van der Waals surface area contributed by atoms with E-state index in [2.05, 4.69) is 39.5 Å². The van der Waals surface area contributed by atoms with Gasteiger partial charge in [-0.25, -0.2) is 28.8 Å². The Morgan fingerprint density at radius 3 is 1.17 bits per heavy atom. The molecule has 0 aliphatic heterocycles. The zero-order valence-electron chi connectivity index (χ0n) is 31.4. The Bertz CT molecular complexity index is 1090. The molecule has 0 aromatic heterocycles. The van der Waals surface area contributed by atoms with Gasteiger partial charge in [-0.2, -0.15) is 0 Å². The van der Waals surface area contributed by atoms with Gasteiger partial charge >= 0.3 is 35.8 Å². The van der Waals surface area contributed by atoms with Crippen LogP contribution in [0.15, 0.2) is 75.9 Å². The molecule has 0 fully saturated rings. The first-order valence-corrected chi connectivity index (χ1v) is 16.5. The van der Waals surface area contributed by atoms with E-state index in [-0.39, 0.29) is 56.7 Å². The van der Waals surface area contributed by atoms with Crippen molar-refractivity contribution in [3.8, 4) is 0 Å². The molecule has 294 valence electrons. The van der Waals surface area contributed by atoms with Crippen molar-refractivity contribution < 1.29 is 66.7 Å². The van der Waals surface area contributed by atoms with Crippen LogP contribution in [-0.4, -0.2) is 100 Å². The van der Waals surface area contributed by atoms with E-state index in [0.29, 0.717) is 19.8 Å². The molecular weight excluding hydrogens is 680 g/mol. The number of carbonyl (C=O) groups is 6. The van der Waals surface area contributed by atoms with Crippen LogP contribution < -0.4 is 0 Å². The van der Waals surface area contributed by atoms with Crippen molar-refractivity contribution in [1.29, 1.82) is 0 Å². The van der Waals surface area contributed by atoms with E-state index >= 15 is 0 Å². The van der Waals surface area contributed by atoms with Crippen LogP contribution in [0.2, 0.25) is 0 Å². The number of hydrogen-bond acceptors (Lipinski definition) is 14. The summed E-state index contributed by atoms with van der Waals surface area (Å²) in [7, 11) is 0. The number of ether oxygens (including phenoxy) is 8. The predicted molar refractivity (Wildman–Crippen MR) is 195 cm³/mol. The molecule has 0 aliphatic carbocycles. The van der Waals surface area contributed by atoms with Gasteiger partial charge in [0.05, 0.1) is 51.8 Å². The van der Waals surface area contributed by atoms with Crippen molar-refractivity contribution in [2.24, 2.45) is 5.41 Å². The van der Waals surface area contributed by atoms with E-state index in [1.165, 1.54) is 0 Å². The molecule has 0 rings (SSSR count). The summed E-state index contributed by atoms with van der Waals surface area (Å²) in [5.74, 6) is -2.71. The SMILES string of the molecule is C=CC(=O)OCC(C)(C)COC(=O)C=C.C=CC(=O)OCC(C)OCC(C)OCC(C)OC(=O)C=C.C=CC(=O)OCCCCCCOC(=O)C=C. The van der Waals surface area contributed by atoms with Crippen molar-refractivity contribution >= 4 is 35.8 Å². The van der Waals surface area contributed by atoms with Crippen LogP contribution in [0.1, 0.15) is 60.3 Å². The lowest BCUT2D eigenvalue weighted by Crippen LogP contribution is -2.27. The van der Waals surface area contributed by atoms with Crippen molar-refractivity contribution in [3.63, 3.8) is 0 Å². The summed E-state index contributed by atoms with van der Waals surface area (Å²) in [6.45, 7) is 30.7. The highest BCUT2D eigenvalue weighted by Crippen LogP contribution is 2.16. The minimum Gasteiger partial charge on any atom is -0.463 e. The lowest BCUT2D eigenvalue weighted by Gasteiger charge is -2.22. The van der Waals surface area contributed by atoms with Crippen molar-refractivity contribution in [2.45, 2.75) is 78.6 Å². The Labute approximate surface area is 308 Å². The van der Waals surface area contributed by atoms with Gasteiger partial charge in [0.1, 0.15) is 12.7 Å². The molecule has 0 aromatic rings. The number of rotatable bonds is 26. The highest BCUT2D eigenvalue weighted by Gasteiger charge is 2.21. The molecule has 52 heavy (non-hydrogen) atoms. The van der Waals surface area contributed by atoms with Crippen molar-refractivity contribution in [3.05, 3.63) is 75.9 Å².